The van der Waals surface area contributed by atoms with Crippen LogP contribution in [-0.2, 0) is 9.53 Å². The number of fused-ring (bicyclic) bond motifs is 1. The SMILES string of the molecule is O=C(CN1CCC(n2cnc3cccnc32)CC1)Nc1ccc(N2CCOCC2)cc1. The minimum absolute atomic E-state index is 0.0346. The smallest absolute Gasteiger partial charge is 0.238 e. The van der Waals surface area contributed by atoms with Crippen LogP contribution < -0.4 is 10.2 Å². The number of carbonyl (C=O) groups is 1. The van der Waals surface area contributed by atoms with Gasteiger partial charge in [0.25, 0.3) is 0 Å². The number of amides is 1. The van der Waals surface area contributed by atoms with Crippen LogP contribution in [0.5, 0.6) is 0 Å². The number of rotatable bonds is 5. The second kappa shape index (κ2) is 9.03. The highest BCUT2D eigenvalue weighted by atomic mass is 16.5. The van der Waals surface area contributed by atoms with Gasteiger partial charge in [-0.1, -0.05) is 0 Å². The van der Waals surface area contributed by atoms with E-state index in [0.717, 1.165) is 69.1 Å². The first-order valence-electron chi connectivity index (χ1n) is 11.0. The molecule has 31 heavy (non-hydrogen) atoms. The molecule has 2 aromatic heterocycles. The number of nitrogens with zero attached hydrogens (tertiary/aromatic N) is 5. The molecule has 2 aliphatic heterocycles. The number of likely N-dealkylation sites (tertiary alicyclic amines) is 1. The third-order valence-electron chi connectivity index (χ3n) is 6.18. The summed E-state index contributed by atoms with van der Waals surface area (Å²) in [4.78, 5) is 26.0. The maximum atomic E-state index is 12.5. The van der Waals surface area contributed by atoms with Gasteiger partial charge in [0.1, 0.15) is 5.52 Å². The summed E-state index contributed by atoms with van der Waals surface area (Å²) in [5, 5.41) is 3.03. The molecule has 2 fully saturated rings. The average molecular weight is 421 g/mol. The van der Waals surface area contributed by atoms with Gasteiger partial charge < -0.3 is 19.5 Å². The maximum Gasteiger partial charge on any atom is 0.238 e. The van der Waals surface area contributed by atoms with Crippen LogP contribution in [0.25, 0.3) is 11.2 Å². The number of nitrogens with one attached hydrogen (secondary N) is 1. The van der Waals surface area contributed by atoms with Crippen molar-refractivity contribution < 1.29 is 9.53 Å². The Hall–Kier alpha value is -2.97. The van der Waals surface area contributed by atoms with Crippen LogP contribution in [0.3, 0.4) is 0 Å². The molecule has 1 N–H and O–H groups in total. The number of hydrogen-bond acceptors (Lipinski definition) is 6. The molecule has 0 spiro atoms. The first kappa shape index (κ1) is 20.0. The molecule has 8 heteroatoms. The largest absolute Gasteiger partial charge is 0.378 e. The molecule has 5 rings (SSSR count). The summed E-state index contributed by atoms with van der Waals surface area (Å²) in [5.74, 6) is 0.0346. The molecular formula is C23H28N6O2. The van der Waals surface area contributed by atoms with Gasteiger partial charge in [-0.15, -0.1) is 0 Å². The van der Waals surface area contributed by atoms with Crippen molar-refractivity contribution in [2.45, 2.75) is 18.9 Å². The van der Waals surface area contributed by atoms with Crippen molar-refractivity contribution in [3.63, 3.8) is 0 Å². The quantitative estimate of drug-likeness (QED) is 0.684. The highest BCUT2D eigenvalue weighted by Crippen LogP contribution is 2.25. The van der Waals surface area contributed by atoms with Gasteiger partial charge >= 0.3 is 0 Å². The molecule has 4 heterocycles. The number of imidazole rings is 1. The standard InChI is InChI=1S/C23H28N6O2/c30-22(26-18-3-5-19(6-4-18)28-12-14-31-15-13-28)16-27-10-7-20(8-11-27)29-17-25-21-2-1-9-24-23(21)29/h1-6,9,17,20H,7-8,10-16H2,(H,26,30). The summed E-state index contributed by atoms with van der Waals surface area (Å²) >= 11 is 0. The average Bonchev–Trinajstić information content (AvgIpc) is 3.25. The van der Waals surface area contributed by atoms with Crippen molar-refractivity contribution >= 4 is 28.4 Å². The Morgan fingerprint density at radius 2 is 1.81 bits per heavy atom. The lowest BCUT2D eigenvalue weighted by atomic mass is 10.0. The lowest BCUT2D eigenvalue weighted by molar-refractivity contribution is -0.117. The molecule has 162 valence electrons. The van der Waals surface area contributed by atoms with Crippen LogP contribution in [0.4, 0.5) is 11.4 Å². The Balaban J connectivity index is 1.11. The van der Waals surface area contributed by atoms with Crippen molar-refractivity contribution in [1.82, 2.24) is 19.4 Å². The molecule has 8 nitrogen and oxygen atoms in total. The normalized spacial score (nSPS) is 18.4. The summed E-state index contributed by atoms with van der Waals surface area (Å²) in [5.41, 5.74) is 3.89. The third kappa shape index (κ3) is 4.55. The molecule has 1 aromatic carbocycles. The predicted molar refractivity (Wildman–Crippen MR) is 120 cm³/mol. The summed E-state index contributed by atoms with van der Waals surface area (Å²) in [7, 11) is 0. The van der Waals surface area contributed by atoms with Gasteiger partial charge in [-0.25, -0.2) is 9.97 Å². The van der Waals surface area contributed by atoms with Crippen molar-refractivity contribution in [2.24, 2.45) is 0 Å². The van der Waals surface area contributed by atoms with Crippen LogP contribution in [0, 0.1) is 0 Å². The minimum atomic E-state index is 0.0346. The van der Waals surface area contributed by atoms with Crippen LogP contribution in [-0.4, -0.2) is 71.3 Å². The molecule has 0 atom stereocenters. The number of hydrogen-bond donors (Lipinski definition) is 1. The van der Waals surface area contributed by atoms with Crippen molar-refractivity contribution in [1.29, 1.82) is 0 Å². The van der Waals surface area contributed by atoms with Crippen LogP contribution in [0.1, 0.15) is 18.9 Å². The summed E-state index contributed by atoms with van der Waals surface area (Å²) < 4.78 is 7.59. The summed E-state index contributed by atoms with van der Waals surface area (Å²) in [6.07, 6.45) is 5.69. The molecular weight excluding hydrogens is 392 g/mol. The van der Waals surface area contributed by atoms with Crippen LogP contribution in [0.15, 0.2) is 48.9 Å². The molecule has 3 aromatic rings. The number of morpholine rings is 1. The van der Waals surface area contributed by atoms with E-state index in [2.05, 4.69) is 41.8 Å². The zero-order valence-electron chi connectivity index (χ0n) is 17.6. The first-order valence-corrected chi connectivity index (χ1v) is 11.0. The highest BCUT2D eigenvalue weighted by Gasteiger charge is 2.23. The topological polar surface area (TPSA) is 75.5 Å². The molecule has 0 saturated carbocycles. The Morgan fingerprint density at radius 1 is 1.03 bits per heavy atom. The number of pyridine rings is 1. The molecule has 1 amide bonds. The van der Waals surface area contributed by atoms with Crippen molar-refractivity contribution in [3.8, 4) is 0 Å². The van der Waals surface area contributed by atoms with Crippen LogP contribution >= 0.6 is 0 Å². The Morgan fingerprint density at radius 3 is 2.58 bits per heavy atom. The monoisotopic (exact) mass is 420 g/mol. The van der Waals surface area contributed by atoms with Gasteiger partial charge in [0.15, 0.2) is 5.65 Å². The molecule has 0 unspecified atom stereocenters. The Kier molecular flexibility index (Phi) is 5.82. The number of benzene rings is 1. The van der Waals surface area contributed by atoms with E-state index in [9.17, 15) is 4.79 Å². The third-order valence-corrected chi connectivity index (χ3v) is 6.18. The fourth-order valence-electron chi connectivity index (χ4n) is 4.47. The molecule has 0 radical (unpaired) electrons. The van der Waals surface area contributed by atoms with E-state index in [0.29, 0.717) is 12.6 Å². The maximum absolute atomic E-state index is 12.5. The molecule has 2 aliphatic rings. The Labute approximate surface area is 181 Å². The van der Waals surface area contributed by atoms with E-state index in [1.54, 1.807) is 0 Å². The van der Waals surface area contributed by atoms with Crippen molar-refractivity contribution in [2.75, 3.05) is 56.2 Å². The number of ether oxygens (including phenoxy) is 1. The van der Waals surface area contributed by atoms with Crippen LogP contribution in [0.2, 0.25) is 0 Å². The van der Waals surface area contributed by atoms with E-state index in [1.807, 2.05) is 36.8 Å². The predicted octanol–water partition coefficient (Wildman–Crippen LogP) is 2.54. The zero-order valence-corrected chi connectivity index (χ0v) is 17.6. The second-order valence-corrected chi connectivity index (χ2v) is 8.20. The summed E-state index contributed by atoms with van der Waals surface area (Å²) in [6.45, 7) is 5.55. The number of anilines is 2. The Bertz CT molecular complexity index is 1020. The fourth-order valence-corrected chi connectivity index (χ4v) is 4.47. The molecule has 2 saturated heterocycles. The number of piperidine rings is 1. The first-order chi connectivity index (χ1) is 15.3. The van der Waals surface area contributed by atoms with E-state index in [-0.39, 0.29) is 5.91 Å². The highest BCUT2D eigenvalue weighted by molar-refractivity contribution is 5.92. The molecule has 0 bridgehead atoms. The fraction of sp³-hybridized carbons (Fsp3) is 0.435. The van der Waals surface area contributed by atoms with Gasteiger partial charge in [-0.3, -0.25) is 9.69 Å². The van der Waals surface area contributed by atoms with Gasteiger partial charge in [-0.05, 0) is 49.2 Å². The van der Waals surface area contributed by atoms with Gasteiger partial charge in [0, 0.05) is 49.8 Å². The van der Waals surface area contributed by atoms with Gasteiger partial charge in [0.05, 0.1) is 26.1 Å². The van der Waals surface area contributed by atoms with E-state index in [4.69, 9.17) is 4.74 Å². The number of carbonyl (C=O) groups excluding carboxylic acids is 1. The van der Waals surface area contributed by atoms with E-state index in [1.165, 1.54) is 5.69 Å². The minimum Gasteiger partial charge on any atom is -0.378 e. The van der Waals surface area contributed by atoms with Gasteiger partial charge in [-0.2, -0.15) is 0 Å². The number of aromatic nitrogens is 3. The zero-order chi connectivity index (χ0) is 21.0. The van der Waals surface area contributed by atoms with Gasteiger partial charge in [0.2, 0.25) is 5.91 Å². The van der Waals surface area contributed by atoms with Crippen molar-refractivity contribution in [3.05, 3.63) is 48.9 Å². The van der Waals surface area contributed by atoms with E-state index >= 15 is 0 Å². The summed E-state index contributed by atoms with van der Waals surface area (Å²) in [6, 6.07) is 12.4. The lowest BCUT2D eigenvalue weighted by Gasteiger charge is -2.32. The molecule has 0 aliphatic carbocycles. The van der Waals surface area contributed by atoms with E-state index < -0.39 is 0 Å². The second-order valence-electron chi connectivity index (χ2n) is 8.20. The lowest BCUT2D eigenvalue weighted by Crippen LogP contribution is -2.39.